The van der Waals surface area contributed by atoms with Gasteiger partial charge in [-0.25, -0.2) is 4.39 Å². The van der Waals surface area contributed by atoms with Crippen molar-refractivity contribution in [2.75, 3.05) is 0 Å². The van der Waals surface area contributed by atoms with Crippen molar-refractivity contribution in [2.45, 2.75) is 13.5 Å². The summed E-state index contributed by atoms with van der Waals surface area (Å²) in [5.74, 6) is -0.354. The monoisotopic (exact) mass is 267 g/mol. The highest BCUT2D eigenvalue weighted by Crippen LogP contribution is 2.20. The van der Waals surface area contributed by atoms with E-state index in [1.165, 1.54) is 29.8 Å². The first-order valence-corrected chi connectivity index (χ1v) is 6.48. The van der Waals surface area contributed by atoms with Gasteiger partial charge in [-0.1, -0.05) is 12.1 Å². The maximum atomic E-state index is 12.9. The predicted molar refractivity (Wildman–Crippen MR) is 77.4 cm³/mol. The average Bonchev–Trinajstić information content (AvgIpc) is 2.84. The molecule has 0 aliphatic heterocycles. The number of hydrogen-bond donors (Lipinski definition) is 0. The number of nitrogens with zero attached hydrogens (tertiary/aromatic N) is 1. The van der Waals surface area contributed by atoms with Crippen LogP contribution >= 0.6 is 0 Å². The minimum absolute atomic E-state index is 0.0241. The third-order valence-electron chi connectivity index (χ3n) is 3.51. The fraction of sp³-hybridized carbons (Fsp3) is 0.118. The zero-order chi connectivity index (χ0) is 14.1. The van der Waals surface area contributed by atoms with Crippen LogP contribution < -0.4 is 0 Å². The molecule has 2 nitrogen and oxygen atoms in total. The Bertz CT molecular complexity index is 771. The number of aromatic nitrogens is 1. The molecule has 0 amide bonds. The van der Waals surface area contributed by atoms with Gasteiger partial charge >= 0.3 is 0 Å². The van der Waals surface area contributed by atoms with E-state index < -0.39 is 0 Å². The maximum Gasteiger partial charge on any atom is 0.182 e. The van der Waals surface area contributed by atoms with Crippen molar-refractivity contribution in [1.82, 2.24) is 4.57 Å². The van der Waals surface area contributed by atoms with Gasteiger partial charge in [0, 0.05) is 22.7 Å². The van der Waals surface area contributed by atoms with Gasteiger partial charge in [0.05, 0.1) is 6.54 Å². The minimum atomic E-state index is -0.330. The second-order valence-electron chi connectivity index (χ2n) is 4.88. The molecule has 0 saturated heterocycles. The highest BCUT2D eigenvalue weighted by atomic mass is 19.1. The molecule has 2 aromatic carbocycles. The number of benzene rings is 2. The molecule has 0 unspecified atom stereocenters. The van der Waals surface area contributed by atoms with Crippen LogP contribution in [0.3, 0.4) is 0 Å². The summed E-state index contributed by atoms with van der Waals surface area (Å²) in [5, 5.41) is 1.15. The van der Waals surface area contributed by atoms with Crippen molar-refractivity contribution < 1.29 is 9.18 Å². The maximum absolute atomic E-state index is 12.9. The largest absolute Gasteiger partial charge is 0.340 e. The predicted octanol–water partition coefficient (Wildman–Crippen LogP) is 3.97. The van der Waals surface area contributed by atoms with Gasteiger partial charge in [0.25, 0.3) is 0 Å². The molecule has 1 heterocycles. The van der Waals surface area contributed by atoms with Gasteiger partial charge in [-0.2, -0.15) is 0 Å². The standard InChI is InChI=1S/C17H14FNO/c1-12-3-2-4-16-15(12)9-10-19(16)11-17(20)13-5-7-14(18)8-6-13/h2-10H,11H2,1H3. The van der Waals surface area contributed by atoms with Crippen LogP contribution in [-0.2, 0) is 6.54 Å². The highest BCUT2D eigenvalue weighted by Gasteiger charge is 2.09. The van der Waals surface area contributed by atoms with Crippen molar-refractivity contribution in [2.24, 2.45) is 0 Å². The Morgan fingerprint density at radius 2 is 1.85 bits per heavy atom. The normalized spacial score (nSPS) is 10.9. The molecule has 20 heavy (non-hydrogen) atoms. The number of hydrogen-bond acceptors (Lipinski definition) is 1. The van der Waals surface area contributed by atoms with Crippen LogP contribution in [0.4, 0.5) is 4.39 Å². The van der Waals surface area contributed by atoms with Crippen molar-refractivity contribution in [3.63, 3.8) is 0 Å². The van der Waals surface area contributed by atoms with Gasteiger partial charge in [-0.15, -0.1) is 0 Å². The lowest BCUT2D eigenvalue weighted by molar-refractivity contribution is 0.0973. The average molecular weight is 267 g/mol. The zero-order valence-corrected chi connectivity index (χ0v) is 11.1. The smallest absolute Gasteiger partial charge is 0.182 e. The van der Waals surface area contributed by atoms with Gasteiger partial charge in [0.2, 0.25) is 0 Å². The van der Waals surface area contributed by atoms with Crippen LogP contribution in [0.2, 0.25) is 0 Å². The van der Waals surface area contributed by atoms with E-state index in [1.807, 2.05) is 29.0 Å². The summed E-state index contributed by atoms with van der Waals surface area (Å²) in [6, 6.07) is 13.7. The molecule has 0 bridgehead atoms. The number of carbonyl (C=O) groups excluding carboxylic acids is 1. The molecule has 0 fully saturated rings. The number of ketones is 1. The van der Waals surface area contributed by atoms with Crippen molar-refractivity contribution in [3.8, 4) is 0 Å². The molecule has 0 N–H and O–H groups in total. The summed E-state index contributed by atoms with van der Waals surface area (Å²) in [6.45, 7) is 2.31. The zero-order valence-electron chi connectivity index (χ0n) is 11.1. The number of rotatable bonds is 3. The van der Waals surface area contributed by atoms with Crippen LogP contribution in [0.15, 0.2) is 54.7 Å². The molecule has 3 rings (SSSR count). The number of halogens is 1. The second kappa shape index (κ2) is 4.93. The Labute approximate surface area is 116 Å². The Balaban J connectivity index is 1.91. The molecule has 0 aliphatic carbocycles. The van der Waals surface area contributed by atoms with Crippen LogP contribution in [0.1, 0.15) is 15.9 Å². The quantitative estimate of drug-likeness (QED) is 0.658. The third kappa shape index (κ3) is 2.23. The van der Waals surface area contributed by atoms with E-state index in [0.717, 1.165) is 10.9 Å². The van der Waals surface area contributed by atoms with Crippen LogP contribution in [0, 0.1) is 12.7 Å². The molecule has 3 aromatic rings. The Kier molecular flexibility index (Phi) is 3.11. The van der Waals surface area contributed by atoms with Gasteiger partial charge in [0.15, 0.2) is 5.78 Å². The third-order valence-corrected chi connectivity index (χ3v) is 3.51. The van der Waals surface area contributed by atoms with Crippen molar-refractivity contribution in [1.29, 1.82) is 0 Å². The van der Waals surface area contributed by atoms with Gasteiger partial charge in [0.1, 0.15) is 5.82 Å². The van der Waals surface area contributed by atoms with E-state index in [0.29, 0.717) is 5.56 Å². The molecule has 0 saturated carbocycles. The van der Waals surface area contributed by atoms with E-state index in [9.17, 15) is 9.18 Å². The lowest BCUT2D eigenvalue weighted by atomic mass is 10.1. The fourth-order valence-electron chi connectivity index (χ4n) is 2.40. The molecular formula is C17H14FNO. The molecule has 3 heteroatoms. The van der Waals surface area contributed by atoms with E-state index in [4.69, 9.17) is 0 Å². The number of fused-ring (bicyclic) bond motifs is 1. The number of carbonyl (C=O) groups is 1. The number of aryl methyl sites for hydroxylation is 1. The molecular weight excluding hydrogens is 253 g/mol. The summed E-state index contributed by atoms with van der Waals surface area (Å²) in [4.78, 5) is 12.2. The molecule has 0 aliphatic rings. The van der Waals surface area contributed by atoms with Crippen LogP contribution in [-0.4, -0.2) is 10.4 Å². The SMILES string of the molecule is Cc1cccc2c1ccn2CC(=O)c1ccc(F)cc1. The summed E-state index contributed by atoms with van der Waals surface area (Å²) in [6.07, 6.45) is 1.92. The molecule has 0 radical (unpaired) electrons. The van der Waals surface area contributed by atoms with E-state index in [-0.39, 0.29) is 18.1 Å². The Morgan fingerprint density at radius 1 is 1.10 bits per heavy atom. The van der Waals surface area contributed by atoms with Crippen LogP contribution in [0.5, 0.6) is 0 Å². The van der Waals surface area contributed by atoms with E-state index >= 15 is 0 Å². The Morgan fingerprint density at radius 3 is 2.60 bits per heavy atom. The topological polar surface area (TPSA) is 22.0 Å². The highest BCUT2D eigenvalue weighted by molar-refractivity contribution is 5.97. The first kappa shape index (κ1) is 12.6. The van der Waals surface area contributed by atoms with E-state index in [2.05, 4.69) is 13.0 Å². The van der Waals surface area contributed by atoms with Gasteiger partial charge in [-0.3, -0.25) is 4.79 Å². The molecule has 0 spiro atoms. The van der Waals surface area contributed by atoms with E-state index in [1.54, 1.807) is 0 Å². The second-order valence-corrected chi connectivity index (χ2v) is 4.88. The number of Topliss-reactive ketones (excluding diaryl/α,β-unsaturated/α-hetero) is 1. The minimum Gasteiger partial charge on any atom is -0.340 e. The first-order valence-electron chi connectivity index (χ1n) is 6.48. The first-order chi connectivity index (χ1) is 9.65. The van der Waals surface area contributed by atoms with Crippen molar-refractivity contribution >= 4 is 16.7 Å². The fourth-order valence-corrected chi connectivity index (χ4v) is 2.40. The summed E-state index contributed by atoms with van der Waals surface area (Å²) in [7, 11) is 0. The lowest BCUT2D eigenvalue weighted by Gasteiger charge is -2.05. The summed E-state index contributed by atoms with van der Waals surface area (Å²) >= 11 is 0. The summed E-state index contributed by atoms with van der Waals surface area (Å²) < 4.78 is 14.8. The molecule has 0 atom stereocenters. The molecule has 100 valence electrons. The Hall–Kier alpha value is -2.42. The lowest BCUT2D eigenvalue weighted by Crippen LogP contribution is -2.09. The summed E-state index contributed by atoms with van der Waals surface area (Å²) in [5.41, 5.74) is 2.76. The van der Waals surface area contributed by atoms with Gasteiger partial charge in [-0.05, 0) is 48.9 Å². The van der Waals surface area contributed by atoms with Gasteiger partial charge < -0.3 is 4.57 Å². The molecule has 1 aromatic heterocycles. The van der Waals surface area contributed by atoms with Crippen LogP contribution in [0.25, 0.3) is 10.9 Å². The van der Waals surface area contributed by atoms with Crippen molar-refractivity contribution in [3.05, 3.63) is 71.7 Å².